The van der Waals surface area contributed by atoms with Crippen LogP contribution in [0.2, 0.25) is 5.02 Å². The lowest BCUT2D eigenvalue weighted by molar-refractivity contribution is 0.0398. The van der Waals surface area contributed by atoms with Gasteiger partial charge in [-0.15, -0.1) is 0 Å². The number of ether oxygens (including phenoxy) is 2. The minimum Gasteiger partial charge on any atom is -0.495 e. The van der Waals surface area contributed by atoms with Gasteiger partial charge in [0.15, 0.2) is 0 Å². The van der Waals surface area contributed by atoms with E-state index in [4.69, 9.17) is 21.1 Å². The number of benzene rings is 1. The molecule has 1 fully saturated rings. The zero-order valence-electron chi connectivity index (χ0n) is 15.1. The molecule has 0 bridgehead atoms. The number of aromatic nitrogens is 2. The van der Waals surface area contributed by atoms with Crippen molar-refractivity contribution in [3.05, 3.63) is 35.1 Å². The van der Waals surface area contributed by atoms with Gasteiger partial charge in [0.05, 0.1) is 26.0 Å². The molecule has 140 valence electrons. The molecule has 0 saturated carbocycles. The molecule has 2 aromatic rings. The lowest BCUT2D eigenvalue weighted by Crippen LogP contribution is -2.39. The summed E-state index contributed by atoms with van der Waals surface area (Å²) in [5.74, 6) is 2.13. The summed E-state index contributed by atoms with van der Waals surface area (Å²) < 4.78 is 10.8. The van der Waals surface area contributed by atoms with Crippen LogP contribution < -0.4 is 15.4 Å². The minimum absolute atomic E-state index is 0.667. The van der Waals surface area contributed by atoms with Crippen LogP contribution in [0.1, 0.15) is 5.56 Å². The number of aryl methyl sites for hydroxylation is 1. The van der Waals surface area contributed by atoms with E-state index in [1.54, 1.807) is 13.2 Å². The van der Waals surface area contributed by atoms with E-state index >= 15 is 0 Å². The van der Waals surface area contributed by atoms with Crippen molar-refractivity contribution >= 4 is 28.9 Å². The van der Waals surface area contributed by atoms with Crippen molar-refractivity contribution in [3.8, 4) is 5.75 Å². The molecular weight excluding hydrogens is 354 g/mol. The maximum absolute atomic E-state index is 6.16. The standard InChI is InChI=1S/C18H24ClN5O2/c1-13-9-15(16(25-2)10-14(13)19)23-18-11-17(21-12-22-18)20-3-4-24-5-7-26-8-6-24/h9-12H,3-8H2,1-2H3,(H2,20,21,22,23). The van der Waals surface area contributed by atoms with Gasteiger partial charge in [-0.25, -0.2) is 9.97 Å². The van der Waals surface area contributed by atoms with Crippen molar-refractivity contribution in [1.29, 1.82) is 0 Å². The minimum atomic E-state index is 0.667. The molecule has 1 saturated heterocycles. The largest absolute Gasteiger partial charge is 0.495 e. The Balaban J connectivity index is 1.61. The van der Waals surface area contributed by atoms with E-state index < -0.39 is 0 Å². The van der Waals surface area contributed by atoms with E-state index in [0.717, 1.165) is 56.5 Å². The van der Waals surface area contributed by atoms with Crippen LogP contribution in [0.3, 0.4) is 0 Å². The Bertz CT molecular complexity index is 738. The molecule has 1 aromatic heterocycles. The first kappa shape index (κ1) is 18.7. The lowest BCUT2D eigenvalue weighted by Gasteiger charge is -2.26. The molecule has 1 aliphatic rings. The SMILES string of the molecule is COc1cc(Cl)c(C)cc1Nc1cc(NCCN2CCOCC2)ncn1. The molecule has 0 atom stereocenters. The van der Waals surface area contributed by atoms with Gasteiger partial charge in [0, 0.05) is 43.3 Å². The second-order valence-electron chi connectivity index (χ2n) is 6.10. The smallest absolute Gasteiger partial charge is 0.143 e. The number of anilines is 3. The monoisotopic (exact) mass is 377 g/mol. The molecule has 7 nitrogen and oxygen atoms in total. The summed E-state index contributed by atoms with van der Waals surface area (Å²) in [7, 11) is 1.62. The summed E-state index contributed by atoms with van der Waals surface area (Å²) in [6.07, 6.45) is 1.54. The van der Waals surface area contributed by atoms with Gasteiger partial charge in [-0.2, -0.15) is 0 Å². The molecule has 8 heteroatoms. The fourth-order valence-electron chi connectivity index (χ4n) is 2.76. The number of nitrogens with one attached hydrogen (secondary N) is 2. The van der Waals surface area contributed by atoms with Crippen LogP contribution in [0.5, 0.6) is 5.75 Å². The van der Waals surface area contributed by atoms with Crippen LogP contribution in [-0.4, -0.2) is 61.4 Å². The van der Waals surface area contributed by atoms with E-state index in [2.05, 4.69) is 25.5 Å². The fourth-order valence-corrected chi connectivity index (χ4v) is 2.91. The molecule has 0 amide bonds. The second kappa shape index (κ2) is 9.02. The van der Waals surface area contributed by atoms with E-state index in [1.165, 1.54) is 6.33 Å². The van der Waals surface area contributed by atoms with Gasteiger partial charge in [0.25, 0.3) is 0 Å². The molecule has 26 heavy (non-hydrogen) atoms. The molecule has 2 N–H and O–H groups in total. The van der Waals surface area contributed by atoms with Crippen LogP contribution in [-0.2, 0) is 4.74 Å². The van der Waals surface area contributed by atoms with Gasteiger partial charge in [-0.3, -0.25) is 4.90 Å². The highest BCUT2D eigenvalue weighted by atomic mass is 35.5. The molecule has 1 aliphatic heterocycles. The molecule has 0 aliphatic carbocycles. The Morgan fingerprint density at radius 2 is 1.96 bits per heavy atom. The molecule has 3 rings (SSSR count). The van der Waals surface area contributed by atoms with Gasteiger partial charge in [-0.05, 0) is 18.6 Å². The maximum atomic E-state index is 6.16. The van der Waals surface area contributed by atoms with Gasteiger partial charge >= 0.3 is 0 Å². The van der Waals surface area contributed by atoms with Crippen LogP contribution in [0.4, 0.5) is 17.3 Å². The predicted octanol–water partition coefficient (Wildman–Crippen LogP) is 2.93. The van der Waals surface area contributed by atoms with Crippen LogP contribution in [0.15, 0.2) is 24.5 Å². The van der Waals surface area contributed by atoms with E-state index in [0.29, 0.717) is 16.6 Å². The summed E-state index contributed by atoms with van der Waals surface area (Å²) in [5, 5.41) is 7.28. The third-order valence-electron chi connectivity index (χ3n) is 4.25. The number of nitrogens with zero attached hydrogens (tertiary/aromatic N) is 3. The van der Waals surface area contributed by atoms with Crippen molar-refractivity contribution < 1.29 is 9.47 Å². The van der Waals surface area contributed by atoms with Crippen LogP contribution in [0.25, 0.3) is 0 Å². The number of methoxy groups -OCH3 is 1. The van der Waals surface area contributed by atoms with Crippen molar-refractivity contribution in [2.45, 2.75) is 6.92 Å². The van der Waals surface area contributed by atoms with Gasteiger partial charge < -0.3 is 20.1 Å². The third-order valence-corrected chi connectivity index (χ3v) is 4.66. The summed E-state index contributed by atoms with van der Waals surface area (Å²) in [5.41, 5.74) is 1.78. The van der Waals surface area contributed by atoms with Gasteiger partial charge in [0.1, 0.15) is 23.7 Å². The molecule has 0 radical (unpaired) electrons. The Kier molecular flexibility index (Phi) is 6.49. The Morgan fingerprint density at radius 3 is 2.73 bits per heavy atom. The first-order chi connectivity index (χ1) is 12.7. The average Bonchev–Trinajstić information content (AvgIpc) is 2.66. The Labute approximate surface area is 158 Å². The predicted molar refractivity (Wildman–Crippen MR) is 104 cm³/mol. The Morgan fingerprint density at radius 1 is 1.19 bits per heavy atom. The molecule has 0 spiro atoms. The maximum Gasteiger partial charge on any atom is 0.143 e. The summed E-state index contributed by atoms with van der Waals surface area (Å²) in [6, 6.07) is 5.61. The quantitative estimate of drug-likeness (QED) is 0.768. The highest BCUT2D eigenvalue weighted by molar-refractivity contribution is 6.31. The normalized spacial score (nSPS) is 14.9. The first-order valence-electron chi connectivity index (χ1n) is 8.63. The van der Waals surface area contributed by atoms with Crippen LogP contribution >= 0.6 is 11.6 Å². The zero-order valence-corrected chi connectivity index (χ0v) is 15.8. The second-order valence-corrected chi connectivity index (χ2v) is 6.50. The summed E-state index contributed by atoms with van der Waals surface area (Å²) >= 11 is 6.16. The fraction of sp³-hybridized carbons (Fsp3) is 0.444. The highest BCUT2D eigenvalue weighted by Crippen LogP contribution is 2.32. The Hall–Kier alpha value is -2.09. The summed E-state index contributed by atoms with van der Waals surface area (Å²) in [6.45, 7) is 7.31. The number of morpholine rings is 1. The van der Waals surface area contributed by atoms with E-state index in [1.807, 2.05) is 19.1 Å². The van der Waals surface area contributed by atoms with Crippen molar-refractivity contribution in [2.75, 3.05) is 57.1 Å². The topological polar surface area (TPSA) is 71.5 Å². The van der Waals surface area contributed by atoms with E-state index in [9.17, 15) is 0 Å². The molecule has 1 aromatic carbocycles. The number of hydrogen-bond donors (Lipinski definition) is 2. The molecule has 0 unspecified atom stereocenters. The van der Waals surface area contributed by atoms with Crippen LogP contribution in [0, 0.1) is 6.92 Å². The lowest BCUT2D eigenvalue weighted by atomic mass is 10.2. The highest BCUT2D eigenvalue weighted by Gasteiger charge is 2.10. The molecule has 2 heterocycles. The average molecular weight is 378 g/mol. The summed E-state index contributed by atoms with van der Waals surface area (Å²) in [4.78, 5) is 10.9. The number of rotatable bonds is 7. The first-order valence-corrected chi connectivity index (χ1v) is 9.00. The van der Waals surface area contributed by atoms with Crippen molar-refractivity contribution in [1.82, 2.24) is 14.9 Å². The third kappa shape index (κ3) is 4.97. The van der Waals surface area contributed by atoms with Crippen molar-refractivity contribution in [3.63, 3.8) is 0 Å². The molecular formula is C18H24ClN5O2. The van der Waals surface area contributed by atoms with E-state index in [-0.39, 0.29) is 0 Å². The number of hydrogen-bond acceptors (Lipinski definition) is 7. The zero-order chi connectivity index (χ0) is 18.4. The van der Waals surface area contributed by atoms with Gasteiger partial charge in [0.2, 0.25) is 0 Å². The van der Waals surface area contributed by atoms with Gasteiger partial charge in [-0.1, -0.05) is 11.6 Å². The van der Waals surface area contributed by atoms with Crippen molar-refractivity contribution in [2.24, 2.45) is 0 Å². The number of halogens is 1.